The van der Waals surface area contributed by atoms with Gasteiger partial charge in [-0.1, -0.05) is 28.9 Å². The molecule has 0 bridgehead atoms. The average Bonchev–Trinajstić information content (AvgIpc) is 2.39. The zero-order valence-electron chi connectivity index (χ0n) is 13.7. The first-order chi connectivity index (χ1) is 9.78. The molecule has 0 spiro atoms. The highest BCUT2D eigenvalue weighted by Gasteiger charge is 2.25. The topological polar surface area (TPSA) is 15.3 Å². The fraction of sp³-hybridized carbons (Fsp3) is 0.647. The molecule has 1 saturated heterocycles. The van der Waals surface area contributed by atoms with Crippen LogP contribution in [0, 0.1) is 0 Å². The van der Waals surface area contributed by atoms with Gasteiger partial charge in [-0.05, 0) is 45.4 Å². The highest BCUT2D eigenvalue weighted by molar-refractivity contribution is 9.10. The van der Waals surface area contributed by atoms with Crippen molar-refractivity contribution < 1.29 is 0 Å². The predicted molar refractivity (Wildman–Crippen MR) is 99.5 cm³/mol. The van der Waals surface area contributed by atoms with Crippen LogP contribution >= 0.6 is 27.7 Å². The summed E-state index contributed by atoms with van der Waals surface area (Å²) in [6.07, 6.45) is 0. The Morgan fingerprint density at radius 1 is 1.33 bits per heavy atom. The van der Waals surface area contributed by atoms with Crippen LogP contribution in [0.4, 0.5) is 5.69 Å². The lowest BCUT2D eigenvalue weighted by Crippen LogP contribution is -2.44. The fourth-order valence-corrected chi connectivity index (χ4v) is 4.12. The number of benzene rings is 1. The van der Waals surface area contributed by atoms with Crippen molar-refractivity contribution in [1.29, 1.82) is 0 Å². The maximum atomic E-state index is 3.74. The molecule has 118 valence electrons. The maximum Gasteiger partial charge on any atom is 0.0380 e. The van der Waals surface area contributed by atoms with Crippen molar-refractivity contribution in [3.05, 3.63) is 28.2 Å². The molecule has 1 N–H and O–H groups in total. The van der Waals surface area contributed by atoms with E-state index in [4.69, 9.17) is 0 Å². The zero-order valence-corrected chi connectivity index (χ0v) is 16.1. The largest absolute Gasteiger partial charge is 0.367 e. The highest BCUT2D eigenvalue weighted by atomic mass is 79.9. The molecule has 1 fully saturated rings. The van der Waals surface area contributed by atoms with Gasteiger partial charge >= 0.3 is 0 Å². The average molecular weight is 371 g/mol. The monoisotopic (exact) mass is 370 g/mol. The molecule has 1 aliphatic heterocycles. The van der Waals surface area contributed by atoms with Gasteiger partial charge in [0.1, 0.15) is 0 Å². The van der Waals surface area contributed by atoms with Crippen molar-refractivity contribution in [2.45, 2.75) is 58.0 Å². The van der Waals surface area contributed by atoms with E-state index in [0.29, 0.717) is 11.3 Å². The van der Waals surface area contributed by atoms with Crippen LogP contribution in [0.1, 0.15) is 40.2 Å². The lowest BCUT2D eigenvalue weighted by Gasteiger charge is -2.39. The normalized spacial score (nSPS) is 23.4. The summed E-state index contributed by atoms with van der Waals surface area (Å²) in [5, 5.41) is 4.24. The van der Waals surface area contributed by atoms with E-state index in [1.807, 2.05) is 0 Å². The maximum absolute atomic E-state index is 3.74. The minimum atomic E-state index is 0.145. The number of hydrogen-bond donors (Lipinski definition) is 1. The van der Waals surface area contributed by atoms with Crippen LogP contribution in [0.15, 0.2) is 22.7 Å². The van der Waals surface area contributed by atoms with Gasteiger partial charge in [-0.2, -0.15) is 11.8 Å². The van der Waals surface area contributed by atoms with Gasteiger partial charge < -0.3 is 10.2 Å². The van der Waals surface area contributed by atoms with Crippen LogP contribution in [-0.2, 0) is 6.54 Å². The Kier molecular flexibility index (Phi) is 5.66. The number of hydrogen-bond acceptors (Lipinski definition) is 3. The summed E-state index contributed by atoms with van der Waals surface area (Å²) < 4.78 is 1.20. The van der Waals surface area contributed by atoms with E-state index < -0.39 is 0 Å². The summed E-state index contributed by atoms with van der Waals surface area (Å²) in [5.41, 5.74) is 2.80. The Morgan fingerprint density at radius 3 is 2.67 bits per heavy atom. The lowest BCUT2D eigenvalue weighted by atomic mass is 10.1. The van der Waals surface area contributed by atoms with Gasteiger partial charge in [0.05, 0.1) is 0 Å². The molecule has 1 aromatic carbocycles. The first-order valence-corrected chi connectivity index (χ1v) is 9.54. The number of thioether (sulfide) groups is 1. The molecule has 1 heterocycles. The van der Waals surface area contributed by atoms with Gasteiger partial charge in [-0.25, -0.2) is 0 Å². The van der Waals surface area contributed by atoms with E-state index in [1.54, 1.807) is 0 Å². The Labute approximate surface area is 142 Å². The standard InChI is InChI=1S/C17H27BrN2S/c1-12-13(2)21-9-8-20(12)15-7-6-14(16(18)10-15)11-19-17(3,4)5/h6-7,10,12-13,19H,8-9,11H2,1-5H3. The van der Waals surface area contributed by atoms with Crippen molar-refractivity contribution in [1.82, 2.24) is 5.32 Å². The van der Waals surface area contributed by atoms with Crippen LogP contribution in [0.5, 0.6) is 0 Å². The molecular weight excluding hydrogens is 344 g/mol. The summed E-state index contributed by atoms with van der Waals surface area (Å²) in [6, 6.07) is 7.38. The molecule has 2 unspecified atom stereocenters. The predicted octanol–water partition coefficient (Wildman–Crippen LogP) is 4.67. The molecule has 2 atom stereocenters. The molecule has 21 heavy (non-hydrogen) atoms. The van der Waals surface area contributed by atoms with Crippen LogP contribution in [-0.4, -0.2) is 29.1 Å². The fourth-order valence-electron chi connectivity index (χ4n) is 2.52. The van der Waals surface area contributed by atoms with Crippen molar-refractivity contribution in [3.8, 4) is 0 Å². The van der Waals surface area contributed by atoms with Gasteiger partial charge in [0.25, 0.3) is 0 Å². The number of anilines is 1. The molecule has 0 amide bonds. The molecule has 1 aromatic rings. The number of nitrogens with one attached hydrogen (secondary N) is 1. The first kappa shape index (κ1) is 17.2. The molecule has 0 aliphatic carbocycles. The Morgan fingerprint density at radius 2 is 2.05 bits per heavy atom. The molecular formula is C17H27BrN2S. The van der Waals surface area contributed by atoms with Crippen molar-refractivity contribution >= 4 is 33.4 Å². The smallest absolute Gasteiger partial charge is 0.0380 e. The van der Waals surface area contributed by atoms with Crippen molar-refractivity contribution in [2.75, 3.05) is 17.2 Å². The van der Waals surface area contributed by atoms with E-state index in [2.05, 4.69) is 90.7 Å². The Balaban J connectivity index is 2.11. The van der Waals surface area contributed by atoms with Gasteiger partial charge in [-0.3, -0.25) is 0 Å². The number of halogens is 1. The van der Waals surface area contributed by atoms with Crippen molar-refractivity contribution in [2.24, 2.45) is 0 Å². The second kappa shape index (κ2) is 6.93. The third kappa shape index (κ3) is 4.64. The number of rotatable bonds is 3. The summed E-state index contributed by atoms with van der Waals surface area (Å²) in [6.45, 7) is 13.3. The minimum Gasteiger partial charge on any atom is -0.367 e. The summed E-state index contributed by atoms with van der Waals surface area (Å²) >= 11 is 5.82. The Bertz CT molecular complexity index is 484. The van der Waals surface area contributed by atoms with Crippen LogP contribution in [0.2, 0.25) is 0 Å². The summed E-state index contributed by atoms with van der Waals surface area (Å²) in [7, 11) is 0. The molecule has 0 saturated carbocycles. The van der Waals surface area contributed by atoms with Gasteiger partial charge in [0.2, 0.25) is 0 Å². The van der Waals surface area contributed by atoms with Crippen LogP contribution < -0.4 is 10.2 Å². The van der Waals surface area contributed by atoms with Crippen LogP contribution in [0.3, 0.4) is 0 Å². The molecule has 0 radical (unpaired) electrons. The summed E-state index contributed by atoms with van der Waals surface area (Å²) in [5.74, 6) is 1.22. The zero-order chi connectivity index (χ0) is 15.6. The SMILES string of the molecule is CC1SCCN(c2ccc(CNC(C)(C)C)c(Br)c2)C1C. The lowest BCUT2D eigenvalue weighted by molar-refractivity contribution is 0.424. The van der Waals surface area contributed by atoms with E-state index in [-0.39, 0.29) is 5.54 Å². The van der Waals surface area contributed by atoms with E-state index >= 15 is 0 Å². The third-order valence-electron chi connectivity index (χ3n) is 4.06. The van der Waals surface area contributed by atoms with Crippen molar-refractivity contribution in [3.63, 3.8) is 0 Å². The Hall–Kier alpha value is -0.190. The van der Waals surface area contributed by atoms with Gasteiger partial charge in [0, 0.05) is 45.8 Å². The second-order valence-electron chi connectivity index (χ2n) is 6.89. The third-order valence-corrected chi connectivity index (χ3v) is 6.14. The van der Waals surface area contributed by atoms with E-state index in [1.165, 1.54) is 21.5 Å². The van der Waals surface area contributed by atoms with Crippen LogP contribution in [0.25, 0.3) is 0 Å². The van der Waals surface area contributed by atoms with Gasteiger partial charge in [0.15, 0.2) is 0 Å². The molecule has 2 nitrogen and oxygen atoms in total. The molecule has 2 rings (SSSR count). The highest BCUT2D eigenvalue weighted by Crippen LogP contribution is 2.31. The molecule has 4 heteroatoms. The molecule has 0 aromatic heterocycles. The molecule has 1 aliphatic rings. The first-order valence-electron chi connectivity index (χ1n) is 7.69. The van der Waals surface area contributed by atoms with Gasteiger partial charge in [-0.15, -0.1) is 0 Å². The minimum absolute atomic E-state index is 0.145. The second-order valence-corrected chi connectivity index (χ2v) is 9.23. The quantitative estimate of drug-likeness (QED) is 0.832. The van der Waals surface area contributed by atoms with E-state index in [0.717, 1.165) is 13.1 Å². The van der Waals surface area contributed by atoms with E-state index in [9.17, 15) is 0 Å². The number of nitrogens with zero attached hydrogens (tertiary/aromatic N) is 1. The summed E-state index contributed by atoms with van der Waals surface area (Å²) in [4.78, 5) is 2.53.